The van der Waals surface area contributed by atoms with Gasteiger partial charge in [0.25, 0.3) is 0 Å². The van der Waals surface area contributed by atoms with Crippen LogP contribution in [0.4, 0.5) is 19.0 Å². The molecular formula is C11H15F3N2. The van der Waals surface area contributed by atoms with E-state index < -0.39 is 11.7 Å². The molecular weight excluding hydrogens is 217 g/mol. The topological polar surface area (TPSA) is 24.9 Å². The lowest BCUT2D eigenvalue weighted by Gasteiger charge is -2.25. The average Bonchev–Trinajstić information content (AvgIpc) is 2.16. The fourth-order valence-electron chi connectivity index (χ4n) is 1.11. The highest BCUT2D eigenvalue weighted by molar-refractivity contribution is 5.40. The number of hydrogen-bond donors (Lipinski definition) is 1. The van der Waals surface area contributed by atoms with Gasteiger partial charge in [-0.25, -0.2) is 4.98 Å². The summed E-state index contributed by atoms with van der Waals surface area (Å²) in [6.07, 6.45) is -2.36. The summed E-state index contributed by atoms with van der Waals surface area (Å²) in [5, 5.41) is 2.97. The molecule has 1 aromatic heterocycles. The van der Waals surface area contributed by atoms with Crippen molar-refractivity contribution in [1.29, 1.82) is 0 Å². The van der Waals surface area contributed by atoms with E-state index in [1.165, 1.54) is 0 Å². The van der Waals surface area contributed by atoms with E-state index in [4.69, 9.17) is 0 Å². The third-order valence-electron chi connectivity index (χ3n) is 2.44. The second-order valence-electron chi connectivity index (χ2n) is 4.29. The fraction of sp³-hybridized carbons (Fsp3) is 0.545. The molecule has 0 fully saturated rings. The lowest BCUT2D eigenvalue weighted by Crippen LogP contribution is -2.30. The zero-order valence-electron chi connectivity index (χ0n) is 9.52. The second-order valence-corrected chi connectivity index (χ2v) is 4.29. The van der Waals surface area contributed by atoms with Gasteiger partial charge in [-0.15, -0.1) is 0 Å². The van der Waals surface area contributed by atoms with Crippen LogP contribution in [-0.4, -0.2) is 10.5 Å². The van der Waals surface area contributed by atoms with Crippen LogP contribution in [0.3, 0.4) is 0 Å². The zero-order valence-corrected chi connectivity index (χ0v) is 9.52. The normalized spacial score (nSPS) is 12.6. The van der Waals surface area contributed by atoms with E-state index in [-0.39, 0.29) is 11.4 Å². The molecule has 0 aromatic carbocycles. The van der Waals surface area contributed by atoms with Crippen LogP contribution >= 0.6 is 0 Å². The monoisotopic (exact) mass is 232 g/mol. The number of nitrogens with zero attached hydrogens (tertiary/aromatic N) is 1. The molecule has 0 radical (unpaired) electrons. The number of rotatable bonds is 3. The molecule has 0 saturated heterocycles. The fourth-order valence-corrected chi connectivity index (χ4v) is 1.11. The molecule has 1 heterocycles. The zero-order chi connectivity index (χ0) is 12.4. The van der Waals surface area contributed by atoms with Gasteiger partial charge in [0.05, 0.1) is 5.56 Å². The standard InChI is InChI=1S/C11H15F3N2/c1-4-10(2,3)16-9-7-8(5-6-15-9)11(12,13)14/h5-7H,4H2,1-3H3,(H,15,16). The van der Waals surface area contributed by atoms with Crippen molar-refractivity contribution in [3.05, 3.63) is 23.9 Å². The molecule has 0 atom stereocenters. The number of aromatic nitrogens is 1. The maximum absolute atomic E-state index is 12.4. The van der Waals surface area contributed by atoms with Gasteiger partial charge < -0.3 is 5.32 Å². The van der Waals surface area contributed by atoms with E-state index in [0.717, 1.165) is 24.8 Å². The number of halogens is 3. The number of pyridine rings is 1. The minimum Gasteiger partial charge on any atom is -0.365 e. The Kier molecular flexibility index (Phi) is 3.45. The largest absolute Gasteiger partial charge is 0.416 e. The first-order chi connectivity index (χ1) is 7.24. The van der Waals surface area contributed by atoms with Crippen molar-refractivity contribution in [2.45, 2.75) is 38.9 Å². The van der Waals surface area contributed by atoms with Crippen LogP contribution in [0, 0.1) is 0 Å². The number of anilines is 1. The minimum atomic E-state index is -4.32. The molecule has 0 saturated carbocycles. The summed E-state index contributed by atoms with van der Waals surface area (Å²) >= 11 is 0. The van der Waals surface area contributed by atoms with Crippen LogP contribution in [0.5, 0.6) is 0 Å². The Morgan fingerprint density at radius 3 is 2.44 bits per heavy atom. The van der Waals surface area contributed by atoms with E-state index in [0.29, 0.717) is 0 Å². The molecule has 5 heteroatoms. The summed E-state index contributed by atoms with van der Waals surface area (Å²) in [6, 6.07) is 1.99. The lowest BCUT2D eigenvalue weighted by molar-refractivity contribution is -0.137. The molecule has 16 heavy (non-hydrogen) atoms. The van der Waals surface area contributed by atoms with Gasteiger partial charge in [-0.05, 0) is 32.4 Å². The summed E-state index contributed by atoms with van der Waals surface area (Å²) in [5.74, 6) is 0.252. The van der Waals surface area contributed by atoms with Crippen LogP contribution < -0.4 is 5.32 Å². The van der Waals surface area contributed by atoms with Gasteiger partial charge in [0.15, 0.2) is 0 Å². The van der Waals surface area contributed by atoms with Crippen molar-refractivity contribution in [1.82, 2.24) is 4.98 Å². The molecule has 0 aliphatic rings. The summed E-state index contributed by atoms with van der Waals surface area (Å²) in [7, 11) is 0. The molecule has 0 aliphatic heterocycles. The van der Waals surface area contributed by atoms with E-state index in [1.807, 2.05) is 20.8 Å². The highest BCUT2D eigenvalue weighted by Gasteiger charge is 2.31. The van der Waals surface area contributed by atoms with Crippen molar-refractivity contribution in [2.75, 3.05) is 5.32 Å². The van der Waals surface area contributed by atoms with Crippen LogP contribution in [-0.2, 0) is 6.18 Å². The first-order valence-electron chi connectivity index (χ1n) is 5.06. The highest BCUT2D eigenvalue weighted by atomic mass is 19.4. The molecule has 90 valence electrons. The Labute approximate surface area is 92.9 Å². The maximum Gasteiger partial charge on any atom is 0.416 e. The van der Waals surface area contributed by atoms with Gasteiger partial charge in [0.2, 0.25) is 0 Å². The van der Waals surface area contributed by atoms with Crippen molar-refractivity contribution in [3.8, 4) is 0 Å². The number of hydrogen-bond acceptors (Lipinski definition) is 2. The molecule has 0 aliphatic carbocycles. The molecule has 2 nitrogen and oxygen atoms in total. The molecule has 1 aromatic rings. The maximum atomic E-state index is 12.4. The van der Waals surface area contributed by atoms with Gasteiger partial charge >= 0.3 is 6.18 Å². The molecule has 0 unspecified atom stereocenters. The molecule has 0 spiro atoms. The molecule has 0 bridgehead atoms. The predicted octanol–water partition coefficient (Wildman–Crippen LogP) is 3.70. The SMILES string of the molecule is CCC(C)(C)Nc1cc(C(F)(F)F)ccn1. The number of alkyl halides is 3. The summed E-state index contributed by atoms with van der Waals surface area (Å²) < 4.78 is 37.3. The quantitative estimate of drug-likeness (QED) is 0.859. The highest BCUT2D eigenvalue weighted by Crippen LogP contribution is 2.30. The van der Waals surface area contributed by atoms with Gasteiger partial charge in [-0.1, -0.05) is 6.92 Å². The lowest BCUT2D eigenvalue weighted by atomic mass is 10.0. The Balaban J connectivity index is 2.92. The van der Waals surface area contributed by atoms with Gasteiger partial charge in [0.1, 0.15) is 5.82 Å². The van der Waals surface area contributed by atoms with Crippen molar-refractivity contribution in [2.24, 2.45) is 0 Å². The minimum absolute atomic E-state index is 0.252. The van der Waals surface area contributed by atoms with E-state index in [2.05, 4.69) is 10.3 Å². The summed E-state index contributed by atoms with van der Waals surface area (Å²) in [6.45, 7) is 5.78. The Morgan fingerprint density at radius 2 is 1.94 bits per heavy atom. The van der Waals surface area contributed by atoms with Crippen LogP contribution in [0.25, 0.3) is 0 Å². The van der Waals surface area contributed by atoms with E-state index in [9.17, 15) is 13.2 Å². The van der Waals surface area contributed by atoms with Crippen LogP contribution in [0.1, 0.15) is 32.8 Å². The molecule has 1 rings (SSSR count). The third kappa shape index (κ3) is 3.40. The second kappa shape index (κ2) is 4.31. The first-order valence-corrected chi connectivity index (χ1v) is 5.06. The van der Waals surface area contributed by atoms with Gasteiger partial charge in [-0.2, -0.15) is 13.2 Å². The van der Waals surface area contributed by atoms with Crippen LogP contribution in [0.2, 0.25) is 0 Å². The Bertz CT molecular complexity index is 358. The van der Waals surface area contributed by atoms with Crippen molar-refractivity contribution in [3.63, 3.8) is 0 Å². The summed E-state index contributed by atoms with van der Waals surface area (Å²) in [5.41, 5.74) is -0.950. The third-order valence-corrected chi connectivity index (χ3v) is 2.44. The van der Waals surface area contributed by atoms with Crippen LogP contribution in [0.15, 0.2) is 18.3 Å². The van der Waals surface area contributed by atoms with E-state index in [1.54, 1.807) is 0 Å². The Hall–Kier alpha value is -1.26. The Morgan fingerprint density at radius 1 is 1.31 bits per heavy atom. The van der Waals surface area contributed by atoms with Crippen molar-refractivity contribution < 1.29 is 13.2 Å². The molecule has 0 amide bonds. The number of nitrogens with one attached hydrogen (secondary N) is 1. The van der Waals surface area contributed by atoms with E-state index >= 15 is 0 Å². The van der Waals surface area contributed by atoms with Crippen molar-refractivity contribution >= 4 is 5.82 Å². The summed E-state index contributed by atoms with van der Waals surface area (Å²) in [4.78, 5) is 3.87. The first kappa shape index (κ1) is 12.8. The average molecular weight is 232 g/mol. The van der Waals surface area contributed by atoms with Gasteiger partial charge in [-0.3, -0.25) is 0 Å². The molecule has 1 N–H and O–H groups in total. The predicted molar refractivity (Wildman–Crippen MR) is 57.2 cm³/mol. The van der Waals surface area contributed by atoms with Gasteiger partial charge in [0, 0.05) is 11.7 Å². The smallest absolute Gasteiger partial charge is 0.365 e.